The van der Waals surface area contributed by atoms with Crippen molar-refractivity contribution < 1.29 is 27.8 Å². The SMILES string of the molecule is COC(=O)C(OC)C(F)(F)C(=O)CC(C)(C)C. The topological polar surface area (TPSA) is 52.6 Å². The van der Waals surface area contributed by atoms with E-state index in [0.717, 1.165) is 14.2 Å². The van der Waals surface area contributed by atoms with Crippen LogP contribution in [0.3, 0.4) is 0 Å². The number of rotatable bonds is 5. The van der Waals surface area contributed by atoms with Gasteiger partial charge < -0.3 is 9.47 Å². The molecule has 0 aliphatic rings. The van der Waals surface area contributed by atoms with E-state index in [0.29, 0.717) is 0 Å². The zero-order valence-electron chi connectivity index (χ0n) is 10.7. The number of hydrogen-bond acceptors (Lipinski definition) is 4. The molecule has 1 atom stereocenters. The molecule has 0 saturated heterocycles. The standard InChI is InChI=1S/C11H18F2O4/c1-10(2,3)6-7(14)11(12,13)8(16-4)9(15)17-5/h8H,6H2,1-5H3. The van der Waals surface area contributed by atoms with Crippen LogP contribution in [0, 0.1) is 5.41 Å². The molecule has 100 valence electrons. The number of methoxy groups -OCH3 is 2. The van der Waals surface area contributed by atoms with Gasteiger partial charge in [0.25, 0.3) is 0 Å². The van der Waals surface area contributed by atoms with Crippen LogP contribution in [0.4, 0.5) is 8.78 Å². The van der Waals surface area contributed by atoms with Crippen molar-refractivity contribution >= 4 is 11.8 Å². The summed E-state index contributed by atoms with van der Waals surface area (Å²) in [5.41, 5.74) is -0.588. The second-order valence-electron chi connectivity index (χ2n) is 4.92. The molecule has 6 heteroatoms. The predicted molar refractivity (Wildman–Crippen MR) is 56.8 cm³/mol. The largest absolute Gasteiger partial charge is 0.467 e. The van der Waals surface area contributed by atoms with E-state index in [-0.39, 0.29) is 6.42 Å². The molecule has 0 saturated carbocycles. The number of hydrogen-bond donors (Lipinski definition) is 0. The van der Waals surface area contributed by atoms with Crippen LogP contribution in [0.1, 0.15) is 27.2 Å². The maximum absolute atomic E-state index is 13.7. The van der Waals surface area contributed by atoms with E-state index in [1.165, 1.54) is 0 Å². The molecule has 0 aliphatic heterocycles. The molecule has 17 heavy (non-hydrogen) atoms. The molecular formula is C11H18F2O4. The number of alkyl halides is 2. The van der Waals surface area contributed by atoms with Crippen LogP contribution in [0.5, 0.6) is 0 Å². The molecule has 0 spiro atoms. The Hall–Kier alpha value is -1.04. The van der Waals surface area contributed by atoms with E-state index in [9.17, 15) is 18.4 Å². The van der Waals surface area contributed by atoms with Gasteiger partial charge in [-0.25, -0.2) is 4.79 Å². The minimum Gasteiger partial charge on any atom is -0.467 e. The van der Waals surface area contributed by atoms with Crippen molar-refractivity contribution in [3.05, 3.63) is 0 Å². The number of esters is 1. The molecule has 0 radical (unpaired) electrons. The molecule has 0 bridgehead atoms. The quantitative estimate of drug-likeness (QED) is 0.700. The van der Waals surface area contributed by atoms with Crippen molar-refractivity contribution in [3.63, 3.8) is 0 Å². The molecule has 0 fully saturated rings. The van der Waals surface area contributed by atoms with Crippen LogP contribution < -0.4 is 0 Å². The number of ether oxygens (including phenoxy) is 2. The Morgan fingerprint density at radius 1 is 1.18 bits per heavy atom. The van der Waals surface area contributed by atoms with Gasteiger partial charge in [0, 0.05) is 13.5 Å². The third kappa shape index (κ3) is 4.38. The van der Waals surface area contributed by atoms with E-state index in [4.69, 9.17) is 0 Å². The summed E-state index contributed by atoms with van der Waals surface area (Å²) in [5, 5.41) is 0. The molecule has 0 aromatic carbocycles. The molecule has 0 aliphatic carbocycles. The lowest BCUT2D eigenvalue weighted by Gasteiger charge is -2.25. The Labute approximate surface area is 99.3 Å². The fourth-order valence-electron chi connectivity index (χ4n) is 1.25. The summed E-state index contributed by atoms with van der Waals surface area (Å²) in [6.45, 7) is 4.96. The van der Waals surface area contributed by atoms with Crippen molar-refractivity contribution in [1.82, 2.24) is 0 Å². The van der Waals surface area contributed by atoms with Gasteiger partial charge in [-0.1, -0.05) is 20.8 Å². The molecule has 0 rings (SSSR count). The second kappa shape index (κ2) is 5.53. The summed E-state index contributed by atoms with van der Waals surface area (Å²) in [7, 11) is 1.89. The van der Waals surface area contributed by atoms with E-state index in [1.54, 1.807) is 20.8 Å². The molecule has 0 N–H and O–H groups in total. The Bertz CT molecular complexity index is 294. The first-order valence-corrected chi connectivity index (χ1v) is 5.08. The van der Waals surface area contributed by atoms with Crippen LogP contribution in [0.2, 0.25) is 0 Å². The summed E-state index contributed by atoms with van der Waals surface area (Å²) in [5.74, 6) is -6.48. The maximum Gasteiger partial charge on any atom is 0.341 e. The van der Waals surface area contributed by atoms with Gasteiger partial charge in [0.05, 0.1) is 7.11 Å². The van der Waals surface area contributed by atoms with Crippen LogP contribution >= 0.6 is 0 Å². The zero-order valence-corrected chi connectivity index (χ0v) is 10.7. The monoisotopic (exact) mass is 252 g/mol. The first kappa shape index (κ1) is 16.0. The first-order chi connectivity index (χ1) is 7.56. The molecule has 0 aromatic heterocycles. The average Bonchev–Trinajstić information content (AvgIpc) is 2.15. The van der Waals surface area contributed by atoms with Gasteiger partial charge >= 0.3 is 11.9 Å². The lowest BCUT2D eigenvalue weighted by molar-refractivity contribution is -0.186. The van der Waals surface area contributed by atoms with Crippen LogP contribution in [-0.2, 0) is 19.1 Å². The maximum atomic E-state index is 13.7. The van der Waals surface area contributed by atoms with Gasteiger partial charge in [0.15, 0.2) is 0 Å². The molecule has 0 heterocycles. The molecule has 0 amide bonds. The Kier molecular flexibility index (Phi) is 5.19. The van der Waals surface area contributed by atoms with Gasteiger partial charge in [0.2, 0.25) is 11.9 Å². The Balaban J connectivity index is 4.96. The van der Waals surface area contributed by atoms with Crippen LogP contribution in [-0.4, -0.2) is 38.0 Å². The minimum absolute atomic E-state index is 0.350. The summed E-state index contributed by atoms with van der Waals surface area (Å²) >= 11 is 0. The third-order valence-electron chi connectivity index (χ3n) is 2.04. The smallest absolute Gasteiger partial charge is 0.341 e. The Morgan fingerprint density at radius 3 is 1.94 bits per heavy atom. The van der Waals surface area contributed by atoms with E-state index >= 15 is 0 Å². The zero-order chi connectivity index (χ0) is 13.9. The summed E-state index contributed by atoms with van der Waals surface area (Å²) < 4.78 is 35.9. The van der Waals surface area contributed by atoms with E-state index in [1.807, 2.05) is 0 Å². The van der Waals surface area contributed by atoms with Gasteiger partial charge in [-0.3, -0.25) is 4.79 Å². The number of halogens is 2. The molecular weight excluding hydrogens is 234 g/mol. The van der Waals surface area contributed by atoms with E-state index in [2.05, 4.69) is 9.47 Å². The highest BCUT2D eigenvalue weighted by Gasteiger charge is 2.52. The fourth-order valence-corrected chi connectivity index (χ4v) is 1.25. The number of carbonyl (C=O) groups excluding carboxylic acids is 2. The van der Waals surface area contributed by atoms with Gasteiger partial charge in [-0.2, -0.15) is 8.78 Å². The van der Waals surface area contributed by atoms with Gasteiger partial charge in [-0.15, -0.1) is 0 Å². The predicted octanol–water partition coefficient (Wildman–Crippen LogP) is 1.81. The highest BCUT2D eigenvalue weighted by atomic mass is 19.3. The van der Waals surface area contributed by atoms with Gasteiger partial charge in [0.1, 0.15) is 0 Å². The van der Waals surface area contributed by atoms with E-state index < -0.39 is 29.2 Å². The van der Waals surface area contributed by atoms with Crippen LogP contribution in [0.15, 0.2) is 0 Å². The van der Waals surface area contributed by atoms with Crippen molar-refractivity contribution in [2.75, 3.05) is 14.2 Å². The first-order valence-electron chi connectivity index (χ1n) is 5.08. The minimum atomic E-state index is -3.88. The number of carbonyl (C=O) groups is 2. The van der Waals surface area contributed by atoms with Crippen LogP contribution in [0.25, 0.3) is 0 Å². The van der Waals surface area contributed by atoms with Crippen molar-refractivity contribution in [2.45, 2.75) is 39.2 Å². The highest BCUT2D eigenvalue weighted by molar-refractivity contribution is 5.92. The summed E-state index contributed by atoms with van der Waals surface area (Å²) in [4.78, 5) is 22.5. The normalized spacial score (nSPS) is 14.3. The molecule has 0 aromatic rings. The lowest BCUT2D eigenvalue weighted by atomic mass is 9.87. The lowest BCUT2D eigenvalue weighted by Crippen LogP contribution is -2.48. The van der Waals surface area contributed by atoms with Crippen molar-refractivity contribution in [2.24, 2.45) is 5.41 Å². The van der Waals surface area contributed by atoms with Crippen molar-refractivity contribution in [1.29, 1.82) is 0 Å². The number of Topliss-reactive ketones (excluding diaryl/α,β-unsaturated/α-hetero) is 1. The van der Waals surface area contributed by atoms with Gasteiger partial charge in [-0.05, 0) is 5.41 Å². The second-order valence-corrected chi connectivity index (χ2v) is 4.92. The highest BCUT2D eigenvalue weighted by Crippen LogP contribution is 2.30. The third-order valence-corrected chi connectivity index (χ3v) is 2.04. The summed E-state index contributed by atoms with van der Waals surface area (Å²) in [6, 6.07) is 0. The average molecular weight is 252 g/mol. The molecule has 1 unspecified atom stereocenters. The van der Waals surface area contributed by atoms with Crippen molar-refractivity contribution in [3.8, 4) is 0 Å². The number of ketones is 1. The fraction of sp³-hybridized carbons (Fsp3) is 0.818. The summed E-state index contributed by atoms with van der Waals surface area (Å²) in [6.07, 6.45) is -2.54. The Morgan fingerprint density at radius 2 is 1.65 bits per heavy atom. The molecule has 4 nitrogen and oxygen atoms in total.